The second-order valence-electron chi connectivity index (χ2n) is 7.89. The van der Waals surface area contributed by atoms with Gasteiger partial charge in [-0.15, -0.1) is 0 Å². The van der Waals surface area contributed by atoms with Crippen molar-refractivity contribution < 1.29 is 19.0 Å². The van der Waals surface area contributed by atoms with Crippen LogP contribution in [0.4, 0.5) is 0 Å². The largest absolute Gasteiger partial charge is 0.497 e. The minimum atomic E-state index is -0.376. The fraction of sp³-hybridized carbons (Fsp3) is 0.292. The normalized spacial score (nSPS) is 17.1. The van der Waals surface area contributed by atoms with Crippen LogP contribution in [0.15, 0.2) is 60.7 Å². The van der Waals surface area contributed by atoms with E-state index in [1.165, 1.54) is 0 Å². The summed E-state index contributed by atoms with van der Waals surface area (Å²) >= 11 is 0. The number of ether oxygens (including phenoxy) is 3. The van der Waals surface area contributed by atoms with Gasteiger partial charge in [0.1, 0.15) is 22.8 Å². The first kappa shape index (κ1) is 19.1. The van der Waals surface area contributed by atoms with E-state index in [1.807, 2.05) is 74.5 Å². The lowest BCUT2D eigenvalue weighted by Gasteiger charge is -2.38. The third-order valence-electron chi connectivity index (χ3n) is 5.10. The third-order valence-corrected chi connectivity index (χ3v) is 5.10. The Morgan fingerprint density at radius 3 is 2.62 bits per heavy atom. The van der Waals surface area contributed by atoms with Gasteiger partial charge in [-0.05, 0) is 55.0 Å². The fourth-order valence-electron chi connectivity index (χ4n) is 3.73. The lowest BCUT2D eigenvalue weighted by molar-refractivity contribution is -0.124. The van der Waals surface area contributed by atoms with Crippen molar-refractivity contribution in [2.24, 2.45) is 0 Å². The van der Waals surface area contributed by atoms with Crippen LogP contribution >= 0.6 is 0 Å². The molecule has 1 N–H and O–H groups in total. The highest BCUT2D eigenvalue weighted by Gasteiger charge is 2.34. The molecule has 1 unspecified atom stereocenters. The molecule has 1 aliphatic heterocycles. The Morgan fingerprint density at radius 2 is 1.83 bits per heavy atom. The molecule has 4 rings (SSSR count). The molecule has 29 heavy (non-hydrogen) atoms. The number of fused-ring (bicyclic) bond motifs is 2. The van der Waals surface area contributed by atoms with Gasteiger partial charge in [-0.2, -0.15) is 0 Å². The molecule has 1 amide bonds. The maximum Gasteiger partial charge on any atom is 0.258 e. The zero-order valence-corrected chi connectivity index (χ0v) is 16.9. The number of benzene rings is 3. The van der Waals surface area contributed by atoms with E-state index in [0.717, 1.165) is 27.8 Å². The Hall–Kier alpha value is -3.21. The molecule has 0 saturated carbocycles. The van der Waals surface area contributed by atoms with Crippen molar-refractivity contribution in [2.75, 3.05) is 13.7 Å². The van der Waals surface area contributed by atoms with Crippen molar-refractivity contribution in [3.63, 3.8) is 0 Å². The van der Waals surface area contributed by atoms with Crippen molar-refractivity contribution in [2.45, 2.75) is 31.9 Å². The molecule has 0 saturated heterocycles. The predicted octanol–water partition coefficient (Wildman–Crippen LogP) is 4.65. The SMILES string of the molecule is COc1ccc2c(c1)C(NC(=O)COc1ccc3ccccc3c1)CC(C)(C)O2. The second kappa shape index (κ2) is 7.66. The first-order chi connectivity index (χ1) is 13.9. The minimum absolute atomic E-state index is 0.0462. The lowest BCUT2D eigenvalue weighted by Crippen LogP contribution is -2.42. The van der Waals surface area contributed by atoms with Crippen molar-refractivity contribution in [3.05, 3.63) is 66.2 Å². The summed E-state index contributed by atoms with van der Waals surface area (Å²) in [5.41, 5.74) is 0.543. The quantitative estimate of drug-likeness (QED) is 0.688. The van der Waals surface area contributed by atoms with E-state index in [0.29, 0.717) is 12.2 Å². The van der Waals surface area contributed by atoms with Gasteiger partial charge in [-0.25, -0.2) is 0 Å². The Kier molecular flexibility index (Phi) is 5.05. The van der Waals surface area contributed by atoms with E-state index in [9.17, 15) is 4.79 Å². The monoisotopic (exact) mass is 391 g/mol. The zero-order chi connectivity index (χ0) is 20.4. The van der Waals surface area contributed by atoms with Crippen LogP contribution < -0.4 is 19.5 Å². The lowest BCUT2D eigenvalue weighted by atomic mass is 9.89. The van der Waals surface area contributed by atoms with Gasteiger partial charge in [0, 0.05) is 12.0 Å². The number of amides is 1. The molecule has 0 bridgehead atoms. The molecule has 0 aromatic heterocycles. The number of hydrogen-bond acceptors (Lipinski definition) is 4. The molecule has 5 heteroatoms. The summed E-state index contributed by atoms with van der Waals surface area (Å²) in [6.07, 6.45) is 0.662. The maximum absolute atomic E-state index is 12.6. The molecular formula is C24H25NO4. The molecule has 0 radical (unpaired) electrons. The van der Waals surface area contributed by atoms with Gasteiger partial charge < -0.3 is 19.5 Å². The Bertz CT molecular complexity index is 1040. The van der Waals surface area contributed by atoms with E-state index >= 15 is 0 Å². The maximum atomic E-state index is 12.6. The zero-order valence-electron chi connectivity index (χ0n) is 16.9. The van der Waals surface area contributed by atoms with Crippen LogP contribution in [-0.2, 0) is 4.79 Å². The van der Waals surface area contributed by atoms with Crippen LogP contribution in [0, 0.1) is 0 Å². The molecular weight excluding hydrogens is 366 g/mol. The number of rotatable bonds is 5. The number of carbonyl (C=O) groups excluding carboxylic acids is 1. The molecule has 3 aromatic rings. The van der Waals surface area contributed by atoms with Crippen LogP contribution in [0.1, 0.15) is 31.9 Å². The summed E-state index contributed by atoms with van der Waals surface area (Å²) in [5.74, 6) is 2.00. The standard InChI is InChI=1S/C24H25NO4/c1-24(2)14-21(20-13-18(27-3)10-11-22(20)29-24)25-23(26)15-28-19-9-8-16-6-4-5-7-17(16)12-19/h4-13,21H,14-15H2,1-3H3,(H,25,26). The molecule has 5 nitrogen and oxygen atoms in total. The van der Waals surface area contributed by atoms with Gasteiger partial charge in [0.25, 0.3) is 5.91 Å². The number of nitrogens with one attached hydrogen (secondary N) is 1. The summed E-state index contributed by atoms with van der Waals surface area (Å²) < 4.78 is 17.1. The number of hydrogen-bond donors (Lipinski definition) is 1. The van der Waals surface area contributed by atoms with Crippen molar-refractivity contribution >= 4 is 16.7 Å². The Balaban J connectivity index is 1.46. The summed E-state index contributed by atoms with van der Waals surface area (Å²) in [4.78, 5) is 12.6. The molecule has 1 atom stereocenters. The number of methoxy groups -OCH3 is 1. The molecule has 150 valence electrons. The van der Waals surface area contributed by atoms with Gasteiger partial charge in [0.05, 0.1) is 13.2 Å². The Morgan fingerprint density at radius 1 is 1.07 bits per heavy atom. The van der Waals surface area contributed by atoms with Crippen LogP contribution in [0.25, 0.3) is 10.8 Å². The molecule has 0 aliphatic carbocycles. The van der Waals surface area contributed by atoms with Gasteiger partial charge in [0.2, 0.25) is 0 Å². The molecule has 0 fully saturated rings. The van der Waals surface area contributed by atoms with Crippen LogP contribution in [0.3, 0.4) is 0 Å². The summed E-state index contributed by atoms with van der Waals surface area (Å²) in [5, 5.41) is 5.31. The summed E-state index contributed by atoms with van der Waals surface area (Å²) in [6.45, 7) is 3.99. The van der Waals surface area contributed by atoms with Gasteiger partial charge in [0.15, 0.2) is 6.61 Å². The third kappa shape index (κ3) is 4.29. The molecule has 1 aliphatic rings. The average Bonchev–Trinajstić information content (AvgIpc) is 2.71. The van der Waals surface area contributed by atoms with Crippen molar-refractivity contribution in [1.29, 1.82) is 0 Å². The smallest absolute Gasteiger partial charge is 0.258 e. The highest BCUT2D eigenvalue weighted by atomic mass is 16.5. The van der Waals surface area contributed by atoms with Crippen molar-refractivity contribution in [1.82, 2.24) is 5.32 Å². The van der Waals surface area contributed by atoms with Gasteiger partial charge in [-0.3, -0.25) is 4.79 Å². The highest BCUT2D eigenvalue weighted by Crippen LogP contribution is 2.41. The molecule has 3 aromatic carbocycles. The van der Waals surface area contributed by atoms with Crippen LogP contribution in [0.5, 0.6) is 17.2 Å². The first-order valence-corrected chi connectivity index (χ1v) is 9.71. The molecule has 0 spiro atoms. The van der Waals surface area contributed by atoms with Gasteiger partial charge >= 0.3 is 0 Å². The fourth-order valence-corrected chi connectivity index (χ4v) is 3.73. The summed E-state index contributed by atoms with van der Waals surface area (Å²) in [7, 11) is 1.63. The highest BCUT2D eigenvalue weighted by molar-refractivity contribution is 5.84. The van der Waals surface area contributed by atoms with Crippen LogP contribution in [0.2, 0.25) is 0 Å². The van der Waals surface area contributed by atoms with E-state index in [2.05, 4.69) is 5.32 Å². The Labute approximate surface area is 170 Å². The summed E-state index contributed by atoms with van der Waals surface area (Å²) in [6, 6.07) is 19.4. The van der Waals surface area contributed by atoms with E-state index in [-0.39, 0.29) is 24.2 Å². The topological polar surface area (TPSA) is 56.8 Å². The average molecular weight is 391 g/mol. The minimum Gasteiger partial charge on any atom is -0.497 e. The number of carbonyl (C=O) groups is 1. The van der Waals surface area contributed by atoms with Crippen LogP contribution in [-0.4, -0.2) is 25.2 Å². The van der Waals surface area contributed by atoms with E-state index in [1.54, 1.807) is 7.11 Å². The first-order valence-electron chi connectivity index (χ1n) is 9.71. The van der Waals surface area contributed by atoms with Crippen molar-refractivity contribution in [3.8, 4) is 17.2 Å². The van der Waals surface area contributed by atoms with Gasteiger partial charge in [-0.1, -0.05) is 30.3 Å². The molecule has 1 heterocycles. The second-order valence-corrected chi connectivity index (χ2v) is 7.89. The van der Waals surface area contributed by atoms with E-state index < -0.39 is 0 Å². The van der Waals surface area contributed by atoms with E-state index in [4.69, 9.17) is 14.2 Å². The predicted molar refractivity (Wildman–Crippen MR) is 113 cm³/mol.